The Morgan fingerprint density at radius 1 is 1.26 bits per heavy atom. The van der Waals surface area contributed by atoms with Crippen LogP contribution in [0.15, 0.2) is 54.9 Å². The van der Waals surface area contributed by atoms with Gasteiger partial charge >= 0.3 is 0 Å². The fraction of sp³-hybridized carbons (Fsp3) is 0. The predicted molar refractivity (Wildman–Crippen MR) is 73.1 cm³/mol. The van der Waals surface area contributed by atoms with Gasteiger partial charge in [0.15, 0.2) is 0 Å². The smallest absolute Gasteiger partial charge is 0.248 e. The summed E-state index contributed by atoms with van der Waals surface area (Å²) in [5.74, 6) is -0.263. The molecule has 1 heterocycles. The third-order valence-electron chi connectivity index (χ3n) is 2.42. The maximum Gasteiger partial charge on any atom is 0.248 e. The van der Waals surface area contributed by atoms with Gasteiger partial charge in [-0.15, -0.1) is 0 Å². The van der Waals surface area contributed by atoms with Crippen molar-refractivity contribution >= 4 is 17.7 Å². The minimum atomic E-state index is -0.263. The van der Waals surface area contributed by atoms with Crippen LogP contribution in [0.1, 0.15) is 11.1 Å². The number of anilines is 1. The standard InChI is InChI=1S/C15H11N3O/c16-10-13-5-2-1-4-12(13)7-8-15(19)18-14-6-3-9-17-11-14/h1-9,11H,(H,18,19). The first-order chi connectivity index (χ1) is 9.29. The van der Waals surface area contributed by atoms with Crippen molar-refractivity contribution < 1.29 is 4.79 Å². The third-order valence-corrected chi connectivity index (χ3v) is 2.42. The molecule has 0 aliphatic carbocycles. The Kier molecular flexibility index (Phi) is 4.04. The highest BCUT2D eigenvalue weighted by Crippen LogP contribution is 2.09. The summed E-state index contributed by atoms with van der Waals surface area (Å²) < 4.78 is 0. The normalized spacial score (nSPS) is 10.1. The zero-order valence-corrected chi connectivity index (χ0v) is 10.1. The average molecular weight is 249 g/mol. The number of nitrogens with zero attached hydrogens (tertiary/aromatic N) is 2. The van der Waals surface area contributed by atoms with Gasteiger partial charge in [0.2, 0.25) is 5.91 Å². The maximum atomic E-state index is 11.7. The molecule has 0 radical (unpaired) electrons. The molecule has 4 nitrogen and oxygen atoms in total. The fourth-order valence-corrected chi connectivity index (χ4v) is 1.53. The molecule has 0 saturated heterocycles. The van der Waals surface area contributed by atoms with Crippen LogP contribution in [0.3, 0.4) is 0 Å². The van der Waals surface area contributed by atoms with Gasteiger partial charge in [-0.2, -0.15) is 5.26 Å². The molecule has 19 heavy (non-hydrogen) atoms. The van der Waals surface area contributed by atoms with Crippen LogP contribution in [-0.2, 0) is 4.79 Å². The molecular weight excluding hydrogens is 238 g/mol. The molecule has 0 aliphatic rings. The molecule has 2 rings (SSSR count). The predicted octanol–water partition coefficient (Wildman–Crippen LogP) is 2.61. The molecule has 2 aromatic rings. The zero-order valence-electron chi connectivity index (χ0n) is 10.1. The molecule has 1 N–H and O–H groups in total. The largest absolute Gasteiger partial charge is 0.321 e. The van der Waals surface area contributed by atoms with Gasteiger partial charge in [-0.3, -0.25) is 9.78 Å². The van der Waals surface area contributed by atoms with Crippen molar-refractivity contribution in [1.29, 1.82) is 5.26 Å². The Hall–Kier alpha value is -2.93. The lowest BCUT2D eigenvalue weighted by molar-refractivity contribution is -0.111. The van der Waals surface area contributed by atoms with Gasteiger partial charge in [-0.1, -0.05) is 18.2 Å². The number of rotatable bonds is 3. The molecule has 1 amide bonds. The lowest BCUT2D eigenvalue weighted by atomic mass is 10.1. The van der Waals surface area contributed by atoms with E-state index < -0.39 is 0 Å². The zero-order chi connectivity index (χ0) is 13.5. The fourth-order valence-electron chi connectivity index (χ4n) is 1.53. The van der Waals surface area contributed by atoms with E-state index in [9.17, 15) is 4.79 Å². The summed E-state index contributed by atoms with van der Waals surface area (Å²) >= 11 is 0. The van der Waals surface area contributed by atoms with Crippen molar-refractivity contribution in [2.24, 2.45) is 0 Å². The van der Waals surface area contributed by atoms with Crippen molar-refractivity contribution in [2.75, 3.05) is 5.32 Å². The number of pyridine rings is 1. The van der Waals surface area contributed by atoms with Crippen molar-refractivity contribution in [1.82, 2.24) is 4.98 Å². The summed E-state index contributed by atoms with van der Waals surface area (Å²) in [4.78, 5) is 15.6. The molecule has 1 aromatic heterocycles. The maximum absolute atomic E-state index is 11.7. The van der Waals surface area contributed by atoms with Crippen molar-refractivity contribution in [3.8, 4) is 6.07 Å². The van der Waals surface area contributed by atoms with Crippen LogP contribution in [0.2, 0.25) is 0 Å². The molecule has 0 unspecified atom stereocenters. The molecule has 1 aromatic carbocycles. The molecule has 4 heteroatoms. The summed E-state index contributed by atoms with van der Waals surface area (Å²) in [5.41, 5.74) is 1.88. The third kappa shape index (κ3) is 3.51. The highest BCUT2D eigenvalue weighted by molar-refractivity contribution is 6.01. The number of carbonyl (C=O) groups excluding carboxylic acids is 1. The highest BCUT2D eigenvalue weighted by Gasteiger charge is 1.99. The van der Waals surface area contributed by atoms with Crippen LogP contribution in [0.4, 0.5) is 5.69 Å². The van der Waals surface area contributed by atoms with Gasteiger partial charge in [-0.25, -0.2) is 0 Å². The van der Waals surface area contributed by atoms with Crippen LogP contribution in [-0.4, -0.2) is 10.9 Å². The summed E-state index contributed by atoms with van der Waals surface area (Å²) in [5, 5.41) is 11.6. The lowest BCUT2D eigenvalue weighted by Crippen LogP contribution is -2.07. The molecular formula is C15H11N3O. The van der Waals surface area contributed by atoms with Gasteiger partial charge in [0, 0.05) is 12.3 Å². The van der Waals surface area contributed by atoms with Gasteiger partial charge in [-0.05, 0) is 29.8 Å². The average Bonchev–Trinajstić information content (AvgIpc) is 2.46. The number of aromatic nitrogens is 1. The molecule has 0 saturated carbocycles. The second-order valence-corrected chi connectivity index (χ2v) is 3.76. The van der Waals surface area contributed by atoms with Crippen molar-refractivity contribution in [2.45, 2.75) is 0 Å². The molecule has 0 bridgehead atoms. The minimum absolute atomic E-state index is 0.263. The first-order valence-electron chi connectivity index (χ1n) is 5.68. The van der Waals surface area contributed by atoms with Gasteiger partial charge in [0.25, 0.3) is 0 Å². The SMILES string of the molecule is N#Cc1ccccc1C=CC(=O)Nc1cccnc1. The van der Waals surface area contributed by atoms with E-state index in [0.29, 0.717) is 16.8 Å². The summed E-state index contributed by atoms with van der Waals surface area (Å²) in [7, 11) is 0. The van der Waals surface area contributed by atoms with E-state index in [2.05, 4.69) is 16.4 Å². The van der Waals surface area contributed by atoms with E-state index in [1.165, 1.54) is 6.08 Å². The monoisotopic (exact) mass is 249 g/mol. The molecule has 0 spiro atoms. The first kappa shape index (κ1) is 12.5. The van der Waals surface area contributed by atoms with Crippen LogP contribution in [0, 0.1) is 11.3 Å². The number of hydrogen-bond donors (Lipinski definition) is 1. The number of benzene rings is 1. The van der Waals surface area contributed by atoms with Crippen molar-refractivity contribution in [3.05, 3.63) is 66.0 Å². The summed E-state index contributed by atoms with van der Waals surface area (Å²) in [6.07, 6.45) is 6.21. The van der Waals surface area contributed by atoms with Gasteiger partial charge in [0.1, 0.15) is 0 Å². The second kappa shape index (κ2) is 6.12. The van der Waals surface area contributed by atoms with Crippen LogP contribution in [0.5, 0.6) is 0 Å². The van der Waals surface area contributed by atoms with Gasteiger partial charge in [0.05, 0.1) is 23.5 Å². The van der Waals surface area contributed by atoms with Crippen molar-refractivity contribution in [3.63, 3.8) is 0 Å². The Bertz CT molecular complexity index is 642. The summed E-state index contributed by atoms with van der Waals surface area (Å²) in [6, 6.07) is 12.7. The van der Waals surface area contributed by atoms with E-state index in [4.69, 9.17) is 5.26 Å². The highest BCUT2D eigenvalue weighted by atomic mass is 16.1. The topological polar surface area (TPSA) is 65.8 Å². The van der Waals surface area contributed by atoms with Crippen LogP contribution < -0.4 is 5.32 Å². The number of nitriles is 1. The second-order valence-electron chi connectivity index (χ2n) is 3.76. The molecule has 0 aliphatic heterocycles. The van der Waals surface area contributed by atoms with E-state index in [1.807, 2.05) is 6.07 Å². The Balaban J connectivity index is 2.07. The number of amides is 1. The number of carbonyl (C=O) groups is 1. The van der Waals surface area contributed by atoms with E-state index >= 15 is 0 Å². The summed E-state index contributed by atoms with van der Waals surface area (Å²) in [6.45, 7) is 0. The van der Waals surface area contributed by atoms with E-state index in [0.717, 1.165) is 0 Å². The quantitative estimate of drug-likeness (QED) is 0.850. The minimum Gasteiger partial charge on any atom is -0.321 e. The lowest BCUT2D eigenvalue weighted by Gasteiger charge is -2.00. The Labute approximate surface area is 111 Å². The van der Waals surface area contributed by atoms with Gasteiger partial charge < -0.3 is 5.32 Å². The van der Waals surface area contributed by atoms with Crippen LogP contribution in [0.25, 0.3) is 6.08 Å². The molecule has 0 fully saturated rings. The Morgan fingerprint density at radius 3 is 2.84 bits per heavy atom. The number of nitrogens with one attached hydrogen (secondary N) is 1. The first-order valence-corrected chi connectivity index (χ1v) is 5.68. The van der Waals surface area contributed by atoms with E-state index in [-0.39, 0.29) is 5.91 Å². The van der Waals surface area contributed by atoms with E-state index in [1.54, 1.807) is 48.8 Å². The molecule has 92 valence electrons. The number of hydrogen-bond acceptors (Lipinski definition) is 3. The molecule has 0 atom stereocenters. The van der Waals surface area contributed by atoms with Crippen LogP contribution >= 0.6 is 0 Å². The Morgan fingerprint density at radius 2 is 2.11 bits per heavy atom.